The number of piperidine rings is 1. The van der Waals surface area contributed by atoms with E-state index in [1.807, 2.05) is 23.9 Å². The maximum Gasteiger partial charge on any atom is 0.244 e. The van der Waals surface area contributed by atoms with E-state index in [4.69, 9.17) is 0 Å². The van der Waals surface area contributed by atoms with Gasteiger partial charge in [0.1, 0.15) is 11.9 Å². The third-order valence-electron chi connectivity index (χ3n) is 4.44. The summed E-state index contributed by atoms with van der Waals surface area (Å²) in [6.45, 7) is 1.83. The van der Waals surface area contributed by atoms with Crippen molar-refractivity contribution in [2.75, 3.05) is 40.8 Å². The summed E-state index contributed by atoms with van der Waals surface area (Å²) in [5.74, 6) is -0.207. The Morgan fingerprint density at radius 1 is 1.21 bits per heavy atom. The number of carbonyl (C=O) groups excluding carboxylic acids is 2. The van der Waals surface area contributed by atoms with Crippen LogP contribution in [-0.4, -0.2) is 67.3 Å². The highest BCUT2D eigenvalue weighted by molar-refractivity contribution is 5.83. The maximum absolute atomic E-state index is 13.1. The number of likely N-dealkylation sites (N-methyl/N-ethyl adjacent to an activating group) is 2. The molecule has 0 N–H and O–H groups in total. The van der Waals surface area contributed by atoms with Gasteiger partial charge in [0.2, 0.25) is 11.8 Å². The van der Waals surface area contributed by atoms with E-state index in [2.05, 4.69) is 0 Å². The minimum atomic E-state index is -0.465. The van der Waals surface area contributed by atoms with Gasteiger partial charge in [-0.3, -0.25) is 14.5 Å². The Morgan fingerprint density at radius 3 is 2.46 bits per heavy atom. The van der Waals surface area contributed by atoms with Crippen molar-refractivity contribution in [3.8, 4) is 0 Å². The number of nitrogens with zero attached hydrogens (tertiary/aromatic N) is 3. The summed E-state index contributed by atoms with van der Waals surface area (Å²) in [6.07, 6.45) is 2.59. The van der Waals surface area contributed by atoms with E-state index in [0.717, 1.165) is 24.9 Å². The molecule has 5 nitrogen and oxygen atoms in total. The molecule has 2 rings (SSSR count). The molecule has 1 fully saturated rings. The first-order chi connectivity index (χ1) is 11.4. The highest BCUT2D eigenvalue weighted by Gasteiger charge is 2.27. The Balaban J connectivity index is 2.00. The molecule has 0 aromatic heterocycles. The fourth-order valence-corrected chi connectivity index (χ4v) is 2.99. The molecule has 2 amide bonds. The van der Waals surface area contributed by atoms with Crippen LogP contribution in [0.25, 0.3) is 0 Å². The molecule has 24 heavy (non-hydrogen) atoms. The number of amides is 2. The van der Waals surface area contributed by atoms with E-state index >= 15 is 0 Å². The Bertz CT molecular complexity index is 574. The van der Waals surface area contributed by atoms with Gasteiger partial charge in [0, 0.05) is 33.1 Å². The van der Waals surface area contributed by atoms with Crippen molar-refractivity contribution in [2.45, 2.75) is 25.3 Å². The molecule has 6 heteroatoms. The molecule has 1 aromatic rings. The van der Waals surface area contributed by atoms with Crippen molar-refractivity contribution >= 4 is 11.8 Å². The number of hydrogen-bond acceptors (Lipinski definition) is 3. The van der Waals surface area contributed by atoms with Gasteiger partial charge in [-0.1, -0.05) is 12.1 Å². The van der Waals surface area contributed by atoms with E-state index in [9.17, 15) is 14.0 Å². The third-order valence-corrected chi connectivity index (χ3v) is 4.44. The van der Waals surface area contributed by atoms with Crippen LogP contribution in [0.3, 0.4) is 0 Å². The van der Waals surface area contributed by atoms with Crippen LogP contribution in [0.5, 0.6) is 0 Å². The fraction of sp³-hybridized carbons (Fsp3) is 0.556. The lowest BCUT2D eigenvalue weighted by molar-refractivity contribution is -0.138. The summed E-state index contributed by atoms with van der Waals surface area (Å²) in [5.41, 5.74) is 0.757. The summed E-state index contributed by atoms with van der Waals surface area (Å²) in [7, 11) is 5.40. The largest absolute Gasteiger partial charge is 0.342 e. The van der Waals surface area contributed by atoms with Gasteiger partial charge in [-0.05, 0) is 44.6 Å². The molecule has 0 saturated carbocycles. The zero-order chi connectivity index (χ0) is 17.7. The van der Waals surface area contributed by atoms with Gasteiger partial charge >= 0.3 is 0 Å². The quantitative estimate of drug-likeness (QED) is 0.797. The van der Waals surface area contributed by atoms with Gasteiger partial charge in [0.25, 0.3) is 0 Å². The monoisotopic (exact) mass is 335 g/mol. The van der Waals surface area contributed by atoms with Gasteiger partial charge in [-0.25, -0.2) is 4.39 Å². The van der Waals surface area contributed by atoms with E-state index in [1.165, 1.54) is 12.1 Å². The van der Waals surface area contributed by atoms with Crippen molar-refractivity contribution in [3.05, 3.63) is 35.6 Å². The molecule has 1 saturated heterocycles. The van der Waals surface area contributed by atoms with Crippen molar-refractivity contribution in [1.82, 2.24) is 14.7 Å². The average molecular weight is 335 g/mol. The smallest absolute Gasteiger partial charge is 0.244 e. The minimum Gasteiger partial charge on any atom is -0.342 e. The molecule has 1 aromatic carbocycles. The second-order valence-corrected chi connectivity index (χ2v) is 6.52. The second-order valence-electron chi connectivity index (χ2n) is 6.52. The molecule has 0 radical (unpaired) electrons. The molecule has 1 unspecified atom stereocenters. The predicted octanol–water partition coefficient (Wildman–Crippen LogP) is 1.90. The molecule has 1 aliphatic heterocycles. The summed E-state index contributed by atoms with van der Waals surface area (Å²) >= 11 is 0. The lowest BCUT2D eigenvalue weighted by Crippen LogP contribution is -2.44. The SMILES string of the molecule is CN(CCN1CCCCC1=O)C(=O)C(c1ccc(F)cc1)N(C)C. The molecule has 0 aliphatic carbocycles. The number of halogens is 1. The van der Waals surface area contributed by atoms with Crippen LogP contribution >= 0.6 is 0 Å². The number of likely N-dealkylation sites (tertiary alicyclic amines) is 1. The highest BCUT2D eigenvalue weighted by atomic mass is 19.1. The first-order valence-electron chi connectivity index (χ1n) is 8.35. The zero-order valence-corrected chi connectivity index (χ0v) is 14.7. The topological polar surface area (TPSA) is 43.9 Å². The van der Waals surface area contributed by atoms with Crippen LogP contribution in [-0.2, 0) is 9.59 Å². The van der Waals surface area contributed by atoms with Crippen LogP contribution in [0.4, 0.5) is 4.39 Å². The summed E-state index contributed by atoms with van der Waals surface area (Å²) in [5, 5.41) is 0. The maximum atomic E-state index is 13.1. The molecule has 1 heterocycles. The molecule has 0 spiro atoms. The summed E-state index contributed by atoms with van der Waals surface area (Å²) in [4.78, 5) is 30.0. The van der Waals surface area contributed by atoms with Gasteiger partial charge in [-0.2, -0.15) is 0 Å². The van der Waals surface area contributed by atoms with Crippen LogP contribution in [0.15, 0.2) is 24.3 Å². The Morgan fingerprint density at radius 2 is 1.88 bits per heavy atom. The van der Waals surface area contributed by atoms with Crippen LogP contribution in [0.2, 0.25) is 0 Å². The van der Waals surface area contributed by atoms with E-state index < -0.39 is 6.04 Å². The van der Waals surface area contributed by atoms with Gasteiger partial charge in [0.05, 0.1) is 0 Å². The lowest BCUT2D eigenvalue weighted by atomic mass is 10.0. The minimum absolute atomic E-state index is 0.0592. The molecule has 132 valence electrons. The standard InChI is InChI=1S/C18H26FN3O2/c1-20(2)17(14-7-9-15(19)10-8-14)18(24)21(3)12-13-22-11-5-4-6-16(22)23/h7-10,17H,4-6,11-13H2,1-3H3. The van der Waals surface area contributed by atoms with Crippen molar-refractivity contribution < 1.29 is 14.0 Å². The van der Waals surface area contributed by atoms with Gasteiger partial charge in [0.15, 0.2) is 0 Å². The lowest BCUT2D eigenvalue weighted by Gasteiger charge is -2.32. The first-order valence-corrected chi connectivity index (χ1v) is 8.35. The van der Waals surface area contributed by atoms with Crippen LogP contribution < -0.4 is 0 Å². The summed E-state index contributed by atoms with van der Waals surface area (Å²) < 4.78 is 13.1. The van der Waals surface area contributed by atoms with Crippen molar-refractivity contribution in [1.29, 1.82) is 0 Å². The highest BCUT2D eigenvalue weighted by Crippen LogP contribution is 2.21. The van der Waals surface area contributed by atoms with E-state index in [-0.39, 0.29) is 17.6 Å². The van der Waals surface area contributed by atoms with E-state index in [0.29, 0.717) is 19.5 Å². The number of rotatable bonds is 6. The Kier molecular flexibility index (Phi) is 6.31. The van der Waals surface area contributed by atoms with Crippen molar-refractivity contribution in [3.63, 3.8) is 0 Å². The fourth-order valence-electron chi connectivity index (χ4n) is 2.99. The number of benzene rings is 1. The Labute approximate surface area is 143 Å². The molecule has 0 bridgehead atoms. The zero-order valence-electron chi connectivity index (χ0n) is 14.7. The number of carbonyl (C=O) groups is 2. The average Bonchev–Trinajstić information content (AvgIpc) is 2.55. The number of hydrogen-bond donors (Lipinski definition) is 0. The predicted molar refractivity (Wildman–Crippen MR) is 90.9 cm³/mol. The third kappa shape index (κ3) is 4.54. The normalized spacial score (nSPS) is 16.4. The van der Waals surface area contributed by atoms with Gasteiger partial charge in [-0.15, -0.1) is 0 Å². The first kappa shape index (κ1) is 18.4. The van der Waals surface area contributed by atoms with Gasteiger partial charge < -0.3 is 9.80 Å². The molecular formula is C18H26FN3O2. The summed E-state index contributed by atoms with van der Waals surface area (Å²) in [6, 6.07) is 5.55. The second kappa shape index (κ2) is 8.24. The Hall–Kier alpha value is -1.95. The molecule has 1 atom stereocenters. The molecule has 1 aliphatic rings. The molecular weight excluding hydrogens is 309 g/mol. The van der Waals surface area contributed by atoms with Crippen LogP contribution in [0, 0.1) is 5.82 Å². The van der Waals surface area contributed by atoms with E-state index in [1.54, 1.807) is 24.1 Å². The van der Waals surface area contributed by atoms with Crippen LogP contribution in [0.1, 0.15) is 30.9 Å². The van der Waals surface area contributed by atoms with Crippen molar-refractivity contribution in [2.24, 2.45) is 0 Å².